The Morgan fingerprint density at radius 3 is 2.94 bits per heavy atom. The Morgan fingerprint density at radius 1 is 1.29 bits per heavy atom. The molecule has 0 spiro atoms. The van der Waals surface area contributed by atoms with E-state index in [1.54, 1.807) is 6.26 Å². The first-order valence-corrected chi connectivity index (χ1v) is 6.68. The van der Waals surface area contributed by atoms with E-state index >= 15 is 0 Å². The lowest BCUT2D eigenvalue weighted by atomic mass is 9.95. The van der Waals surface area contributed by atoms with E-state index in [9.17, 15) is 0 Å². The summed E-state index contributed by atoms with van der Waals surface area (Å²) in [6.45, 7) is 3.12. The van der Waals surface area contributed by atoms with Crippen molar-refractivity contribution in [2.45, 2.75) is 38.2 Å². The molecule has 2 saturated heterocycles. The second-order valence-electron chi connectivity index (χ2n) is 5.07. The summed E-state index contributed by atoms with van der Waals surface area (Å²) >= 11 is 0. The molecule has 1 aromatic rings. The maximum atomic E-state index is 5.61. The fourth-order valence-corrected chi connectivity index (χ4v) is 2.71. The number of hydrogen-bond donors (Lipinski definition) is 1. The second-order valence-corrected chi connectivity index (χ2v) is 5.07. The van der Waals surface area contributed by atoms with Gasteiger partial charge in [0.05, 0.1) is 0 Å². The number of hydrogen-bond acceptors (Lipinski definition) is 4. The Morgan fingerprint density at radius 2 is 2.18 bits per heavy atom. The third-order valence-electron chi connectivity index (χ3n) is 3.75. The molecule has 0 saturated carbocycles. The second kappa shape index (κ2) is 5.19. The van der Waals surface area contributed by atoms with Gasteiger partial charge in [-0.25, -0.2) is 4.98 Å². The third kappa shape index (κ3) is 2.69. The minimum Gasteiger partial charge on any atom is -0.449 e. The number of ether oxygens (including phenoxy) is 1. The summed E-state index contributed by atoms with van der Waals surface area (Å²) in [6.07, 6.45) is 7.64. The summed E-state index contributed by atoms with van der Waals surface area (Å²) < 4.78 is 11.2. The molecule has 4 heteroatoms. The Balaban J connectivity index is 1.59. The molecule has 0 aliphatic carbocycles. The summed E-state index contributed by atoms with van der Waals surface area (Å²) in [5, 5.41) is 3.38. The normalized spacial score (nSPS) is 26.5. The molecule has 2 fully saturated rings. The van der Waals surface area contributed by atoms with E-state index in [2.05, 4.69) is 10.3 Å². The molecular weight excluding hydrogens is 216 g/mol. The van der Waals surface area contributed by atoms with Gasteiger partial charge in [-0.15, -0.1) is 0 Å². The van der Waals surface area contributed by atoms with E-state index in [4.69, 9.17) is 9.15 Å². The molecule has 1 N–H and O–H groups in total. The number of oxazole rings is 1. The molecule has 94 valence electrons. The Bertz CT molecular complexity index is 352. The van der Waals surface area contributed by atoms with Gasteiger partial charge < -0.3 is 14.5 Å². The smallest absolute Gasteiger partial charge is 0.194 e. The average molecular weight is 236 g/mol. The molecule has 0 bridgehead atoms. The van der Waals surface area contributed by atoms with Crippen LogP contribution in [0.4, 0.5) is 0 Å². The number of piperidine rings is 1. The topological polar surface area (TPSA) is 47.3 Å². The standard InChI is InChI=1S/C13H20N2O2/c1-2-12(16-7-1)11-9-17-13(15-11)8-10-3-5-14-6-4-10/h9-10,12,14H,1-8H2. The van der Waals surface area contributed by atoms with E-state index in [-0.39, 0.29) is 6.10 Å². The maximum Gasteiger partial charge on any atom is 0.194 e. The fraction of sp³-hybridized carbons (Fsp3) is 0.769. The highest BCUT2D eigenvalue weighted by Gasteiger charge is 2.22. The fourth-order valence-electron chi connectivity index (χ4n) is 2.71. The van der Waals surface area contributed by atoms with Gasteiger partial charge in [-0.2, -0.15) is 0 Å². The minimum atomic E-state index is 0.181. The molecule has 3 heterocycles. The van der Waals surface area contributed by atoms with Gasteiger partial charge in [-0.05, 0) is 44.7 Å². The van der Waals surface area contributed by atoms with Gasteiger partial charge in [0.15, 0.2) is 5.89 Å². The summed E-state index contributed by atoms with van der Waals surface area (Å²) in [5.41, 5.74) is 0.992. The lowest BCUT2D eigenvalue weighted by molar-refractivity contribution is 0.108. The van der Waals surface area contributed by atoms with E-state index in [1.165, 1.54) is 12.8 Å². The van der Waals surface area contributed by atoms with Crippen molar-refractivity contribution in [2.75, 3.05) is 19.7 Å². The van der Waals surface area contributed by atoms with Crippen molar-refractivity contribution in [1.82, 2.24) is 10.3 Å². The molecule has 4 nitrogen and oxygen atoms in total. The molecule has 1 atom stereocenters. The van der Waals surface area contributed by atoms with Crippen molar-refractivity contribution >= 4 is 0 Å². The molecule has 0 radical (unpaired) electrons. The first-order chi connectivity index (χ1) is 8.42. The number of nitrogens with one attached hydrogen (secondary N) is 1. The van der Waals surface area contributed by atoms with Crippen molar-refractivity contribution in [3.63, 3.8) is 0 Å². The van der Waals surface area contributed by atoms with E-state index in [0.29, 0.717) is 0 Å². The third-order valence-corrected chi connectivity index (χ3v) is 3.75. The first kappa shape index (κ1) is 11.2. The summed E-state index contributed by atoms with van der Waals surface area (Å²) in [6, 6.07) is 0. The Labute approximate surface area is 102 Å². The van der Waals surface area contributed by atoms with Crippen LogP contribution in [0.2, 0.25) is 0 Å². The van der Waals surface area contributed by atoms with Crippen molar-refractivity contribution in [3.05, 3.63) is 17.8 Å². The molecule has 17 heavy (non-hydrogen) atoms. The van der Waals surface area contributed by atoms with E-state index in [1.807, 2.05) is 0 Å². The van der Waals surface area contributed by atoms with Crippen molar-refractivity contribution < 1.29 is 9.15 Å². The number of aromatic nitrogens is 1. The van der Waals surface area contributed by atoms with Gasteiger partial charge in [-0.3, -0.25) is 0 Å². The van der Waals surface area contributed by atoms with Crippen LogP contribution in [0.1, 0.15) is 43.4 Å². The number of rotatable bonds is 3. The summed E-state index contributed by atoms with van der Waals surface area (Å²) in [5.74, 6) is 1.62. The summed E-state index contributed by atoms with van der Waals surface area (Å²) in [7, 11) is 0. The highest BCUT2D eigenvalue weighted by molar-refractivity contribution is 5.03. The molecular formula is C13H20N2O2. The van der Waals surface area contributed by atoms with Gasteiger partial charge in [0.25, 0.3) is 0 Å². The zero-order chi connectivity index (χ0) is 11.5. The van der Waals surface area contributed by atoms with Gasteiger partial charge in [-0.1, -0.05) is 0 Å². The highest BCUT2D eigenvalue weighted by Crippen LogP contribution is 2.28. The number of nitrogens with zero attached hydrogens (tertiary/aromatic N) is 1. The highest BCUT2D eigenvalue weighted by atomic mass is 16.5. The average Bonchev–Trinajstić information content (AvgIpc) is 3.00. The van der Waals surface area contributed by atoms with Crippen molar-refractivity contribution in [2.24, 2.45) is 5.92 Å². The molecule has 0 aromatic carbocycles. The van der Waals surface area contributed by atoms with Crippen LogP contribution in [0.15, 0.2) is 10.7 Å². The van der Waals surface area contributed by atoms with Gasteiger partial charge in [0.2, 0.25) is 0 Å². The van der Waals surface area contributed by atoms with Crippen molar-refractivity contribution in [3.8, 4) is 0 Å². The van der Waals surface area contributed by atoms with Crippen molar-refractivity contribution in [1.29, 1.82) is 0 Å². The maximum absolute atomic E-state index is 5.61. The zero-order valence-electron chi connectivity index (χ0n) is 10.2. The van der Waals surface area contributed by atoms with Crippen LogP contribution in [0.5, 0.6) is 0 Å². The minimum absolute atomic E-state index is 0.181. The molecule has 1 aromatic heterocycles. The summed E-state index contributed by atoms with van der Waals surface area (Å²) in [4.78, 5) is 4.57. The SMILES string of the molecule is c1oc(CC2CCNCC2)nc1C1CCCO1. The van der Waals surface area contributed by atoms with Crippen LogP contribution >= 0.6 is 0 Å². The van der Waals surface area contributed by atoms with Crippen LogP contribution in [0, 0.1) is 5.92 Å². The quantitative estimate of drug-likeness (QED) is 0.872. The molecule has 2 aliphatic rings. The van der Waals surface area contributed by atoms with Gasteiger partial charge >= 0.3 is 0 Å². The largest absolute Gasteiger partial charge is 0.449 e. The molecule has 1 unspecified atom stereocenters. The monoisotopic (exact) mass is 236 g/mol. The van der Waals surface area contributed by atoms with Crippen LogP contribution in [0.3, 0.4) is 0 Å². The first-order valence-electron chi connectivity index (χ1n) is 6.68. The Kier molecular flexibility index (Phi) is 3.43. The lowest BCUT2D eigenvalue weighted by Gasteiger charge is -2.20. The van der Waals surface area contributed by atoms with Crippen LogP contribution in [-0.4, -0.2) is 24.7 Å². The lowest BCUT2D eigenvalue weighted by Crippen LogP contribution is -2.28. The molecule has 2 aliphatic heterocycles. The van der Waals surface area contributed by atoms with Gasteiger partial charge in [0, 0.05) is 13.0 Å². The van der Waals surface area contributed by atoms with Crippen LogP contribution < -0.4 is 5.32 Å². The van der Waals surface area contributed by atoms with Crippen LogP contribution in [0.25, 0.3) is 0 Å². The van der Waals surface area contributed by atoms with Crippen LogP contribution in [-0.2, 0) is 11.2 Å². The Hall–Kier alpha value is -0.870. The zero-order valence-corrected chi connectivity index (χ0v) is 10.2. The predicted molar refractivity (Wildman–Crippen MR) is 63.7 cm³/mol. The van der Waals surface area contributed by atoms with E-state index < -0.39 is 0 Å². The molecule has 3 rings (SSSR count). The predicted octanol–water partition coefficient (Wildman–Crippen LogP) is 2.07. The molecule has 0 amide bonds. The van der Waals surface area contributed by atoms with Gasteiger partial charge in [0.1, 0.15) is 18.1 Å². The van der Waals surface area contributed by atoms with E-state index in [0.717, 1.165) is 56.5 Å².